The fourth-order valence-corrected chi connectivity index (χ4v) is 3.17. The van der Waals surface area contributed by atoms with Crippen molar-refractivity contribution in [1.29, 1.82) is 5.26 Å². The van der Waals surface area contributed by atoms with Crippen molar-refractivity contribution >= 4 is 17.3 Å². The minimum absolute atomic E-state index is 0.130. The van der Waals surface area contributed by atoms with E-state index in [4.69, 9.17) is 10.5 Å². The summed E-state index contributed by atoms with van der Waals surface area (Å²) in [5.41, 5.74) is 6.17. The van der Waals surface area contributed by atoms with Crippen LogP contribution in [0.2, 0.25) is 0 Å². The van der Waals surface area contributed by atoms with Crippen molar-refractivity contribution in [2.24, 2.45) is 5.73 Å². The molecule has 2 aromatic rings. The van der Waals surface area contributed by atoms with Crippen LogP contribution in [0.15, 0.2) is 84.2 Å². The zero-order valence-corrected chi connectivity index (χ0v) is 15.0. The highest BCUT2D eigenvalue weighted by Gasteiger charge is 2.56. The number of amides is 1. The molecule has 0 spiro atoms. The molecular formula is C21H20N4O2. The van der Waals surface area contributed by atoms with E-state index in [0.717, 1.165) is 0 Å². The topological polar surface area (TPSA) is 91.4 Å². The van der Waals surface area contributed by atoms with E-state index < -0.39 is 11.6 Å². The maximum atomic E-state index is 13.4. The first kappa shape index (κ1) is 18.2. The van der Waals surface area contributed by atoms with Gasteiger partial charge in [-0.1, -0.05) is 43.0 Å². The van der Waals surface area contributed by atoms with Crippen molar-refractivity contribution in [2.75, 3.05) is 16.8 Å². The second-order valence-electron chi connectivity index (χ2n) is 5.92. The van der Waals surface area contributed by atoms with Crippen LogP contribution in [0, 0.1) is 11.3 Å². The summed E-state index contributed by atoms with van der Waals surface area (Å²) < 4.78 is 5.95. The number of hydrogen-bond donors (Lipinski definition) is 2. The molecule has 0 radical (unpaired) electrons. The molecule has 3 N–H and O–H groups in total. The van der Waals surface area contributed by atoms with E-state index in [-0.39, 0.29) is 23.6 Å². The molecule has 6 nitrogen and oxygen atoms in total. The van der Waals surface area contributed by atoms with Crippen molar-refractivity contribution in [3.8, 4) is 6.07 Å². The molecule has 27 heavy (non-hydrogen) atoms. The van der Waals surface area contributed by atoms with E-state index in [1.54, 1.807) is 31.2 Å². The normalized spacial score (nSPS) is 19.1. The number of carbonyl (C=O) groups is 1. The van der Waals surface area contributed by atoms with E-state index >= 15 is 0 Å². The van der Waals surface area contributed by atoms with Crippen LogP contribution in [0.5, 0.6) is 0 Å². The first-order valence-corrected chi connectivity index (χ1v) is 8.51. The predicted octanol–water partition coefficient (Wildman–Crippen LogP) is 3.13. The van der Waals surface area contributed by atoms with E-state index in [0.29, 0.717) is 11.4 Å². The van der Waals surface area contributed by atoms with Gasteiger partial charge in [0.2, 0.25) is 0 Å². The summed E-state index contributed by atoms with van der Waals surface area (Å²) in [7, 11) is 0. The maximum Gasteiger partial charge on any atom is 0.283 e. The van der Waals surface area contributed by atoms with Crippen LogP contribution in [-0.2, 0) is 9.53 Å². The zero-order valence-electron chi connectivity index (χ0n) is 15.0. The molecule has 1 atom stereocenters. The Kier molecular flexibility index (Phi) is 4.97. The van der Waals surface area contributed by atoms with Crippen molar-refractivity contribution < 1.29 is 9.53 Å². The Labute approximate surface area is 158 Å². The third-order valence-corrected chi connectivity index (χ3v) is 4.34. The van der Waals surface area contributed by atoms with Gasteiger partial charge in [0.15, 0.2) is 0 Å². The summed E-state index contributed by atoms with van der Waals surface area (Å²) in [6.45, 7) is 5.97. The first-order valence-electron chi connectivity index (χ1n) is 8.51. The van der Waals surface area contributed by atoms with E-state index in [1.165, 1.54) is 4.90 Å². The van der Waals surface area contributed by atoms with Crippen molar-refractivity contribution in [3.63, 3.8) is 0 Å². The number of nitrogens with one attached hydrogen (secondary N) is 1. The average molecular weight is 360 g/mol. The smallest absolute Gasteiger partial charge is 0.283 e. The van der Waals surface area contributed by atoms with Gasteiger partial charge in [-0.25, -0.2) is 0 Å². The Hall–Kier alpha value is -3.56. The zero-order chi connectivity index (χ0) is 19.4. The minimum Gasteiger partial charge on any atom is -0.384 e. The number of nitriles is 1. The standard InChI is InChI=1S/C21H20N4O2/c1-3-27-21(20(26)24-16-10-6-4-7-11-16)15(2)18(14-22)19(23)25(21)17-12-8-5-9-13-17/h4-13H,2-3,23H2,1H3,(H,24,26). The Balaban J connectivity index is 2.14. The van der Waals surface area contributed by atoms with E-state index in [2.05, 4.69) is 11.9 Å². The molecule has 1 aliphatic rings. The Bertz CT molecular complexity index is 932. The van der Waals surface area contributed by atoms with Crippen LogP contribution in [0.25, 0.3) is 0 Å². The molecule has 0 saturated heterocycles. The van der Waals surface area contributed by atoms with Gasteiger partial charge in [-0.3, -0.25) is 9.69 Å². The fraction of sp³-hybridized carbons (Fsp3) is 0.143. The summed E-state index contributed by atoms with van der Waals surface area (Å²) in [5.74, 6) is -0.344. The molecule has 1 unspecified atom stereocenters. The monoisotopic (exact) mass is 360 g/mol. The lowest BCUT2D eigenvalue weighted by Gasteiger charge is -2.39. The molecule has 3 rings (SSSR count). The number of nitrogens with two attached hydrogens (primary N) is 1. The molecular weight excluding hydrogens is 340 g/mol. The number of para-hydroxylation sites is 2. The van der Waals surface area contributed by atoms with Crippen LogP contribution < -0.4 is 16.0 Å². The van der Waals surface area contributed by atoms with Gasteiger partial charge in [0.25, 0.3) is 11.6 Å². The molecule has 136 valence electrons. The van der Waals surface area contributed by atoms with Crippen LogP contribution in [0.4, 0.5) is 11.4 Å². The second-order valence-corrected chi connectivity index (χ2v) is 5.92. The average Bonchev–Trinajstić information content (AvgIpc) is 2.90. The van der Waals surface area contributed by atoms with Crippen molar-refractivity contribution in [3.05, 3.63) is 84.2 Å². The number of hydrogen-bond acceptors (Lipinski definition) is 5. The predicted molar refractivity (Wildman–Crippen MR) is 104 cm³/mol. The quantitative estimate of drug-likeness (QED) is 0.855. The highest BCUT2D eigenvalue weighted by atomic mass is 16.5. The lowest BCUT2D eigenvalue weighted by molar-refractivity contribution is -0.134. The summed E-state index contributed by atoms with van der Waals surface area (Å²) in [5, 5.41) is 12.4. The molecule has 1 amide bonds. The third-order valence-electron chi connectivity index (χ3n) is 4.34. The number of benzene rings is 2. The summed E-state index contributed by atoms with van der Waals surface area (Å²) >= 11 is 0. The third kappa shape index (κ3) is 2.94. The van der Waals surface area contributed by atoms with Gasteiger partial charge in [0, 0.05) is 23.6 Å². The van der Waals surface area contributed by atoms with Crippen LogP contribution in [-0.4, -0.2) is 18.2 Å². The second kappa shape index (κ2) is 7.36. The van der Waals surface area contributed by atoms with Crippen molar-refractivity contribution in [1.82, 2.24) is 0 Å². The van der Waals surface area contributed by atoms with Crippen LogP contribution in [0.3, 0.4) is 0 Å². The molecule has 0 bridgehead atoms. The molecule has 1 aliphatic heterocycles. The largest absolute Gasteiger partial charge is 0.384 e. The molecule has 2 aromatic carbocycles. The summed E-state index contributed by atoms with van der Waals surface area (Å²) in [6.07, 6.45) is 0. The fourth-order valence-electron chi connectivity index (χ4n) is 3.17. The maximum absolute atomic E-state index is 13.4. The number of anilines is 2. The highest BCUT2D eigenvalue weighted by Crippen LogP contribution is 2.43. The SMILES string of the molecule is C=C1C(C#N)=C(N)N(c2ccccc2)C1(OCC)C(=O)Nc1ccccc1. The van der Waals surface area contributed by atoms with Gasteiger partial charge in [-0.15, -0.1) is 0 Å². The Morgan fingerprint density at radius 2 is 1.81 bits per heavy atom. The minimum atomic E-state index is -1.65. The molecule has 1 heterocycles. The van der Waals surface area contributed by atoms with Gasteiger partial charge in [0.05, 0.1) is 0 Å². The number of ether oxygens (including phenoxy) is 1. The van der Waals surface area contributed by atoms with E-state index in [9.17, 15) is 10.1 Å². The van der Waals surface area contributed by atoms with Gasteiger partial charge >= 0.3 is 0 Å². The van der Waals surface area contributed by atoms with Crippen LogP contribution >= 0.6 is 0 Å². The summed E-state index contributed by atoms with van der Waals surface area (Å²) in [6, 6.07) is 20.2. The van der Waals surface area contributed by atoms with Gasteiger partial charge in [0.1, 0.15) is 17.5 Å². The number of carbonyl (C=O) groups excluding carboxylic acids is 1. The Morgan fingerprint density at radius 3 is 2.37 bits per heavy atom. The molecule has 0 aliphatic carbocycles. The van der Waals surface area contributed by atoms with Crippen molar-refractivity contribution in [2.45, 2.75) is 12.6 Å². The highest BCUT2D eigenvalue weighted by molar-refractivity contribution is 6.05. The lowest BCUT2D eigenvalue weighted by Crippen LogP contribution is -2.57. The molecule has 0 aromatic heterocycles. The Morgan fingerprint density at radius 1 is 1.22 bits per heavy atom. The first-order chi connectivity index (χ1) is 13.1. The van der Waals surface area contributed by atoms with E-state index in [1.807, 2.05) is 42.5 Å². The molecule has 6 heteroatoms. The van der Waals surface area contributed by atoms with Gasteiger partial charge in [-0.05, 0) is 31.2 Å². The molecule has 0 saturated carbocycles. The summed E-state index contributed by atoms with van der Waals surface area (Å²) in [4.78, 5) is 14.9. The lowest BCUT2D eigenvalue weighted by atomic mass is 9.99. The van der Waals surface area contributed by atoms with Crippen LogP contribution in [0.1, 0.15) is 6.92 Å². The molecule has 0 fully saturated rings. The van der Waals surface area contributed by atoms with Gasteiger partial charge in [-0.2, -0.15) is 5.26 Å². The van der Waals surface area contributed by atoms with Gasteiger partial charge < -0.3 is 15.8 Å². The number of nitrogens with zero attached hydrogens (tertiary/aromatic N) is 2. The number of rotatable bonds is 5.